The molecule has 0 fully saturated rings. The van der Waals surface area contributed by atoms with Gasteiger partial charge in [0.1, 0.15) is 11.4 Å². The molecule has 23 heavy (non-hydrogen) atoms. The van der Waals surface area contributed by atoms with E-state index >= 15 is 0 Å². The molecular weight excluding hydrogens is 314 g/mol. The fourth-order valence-corrected chi connectivity index (χ4v) is 3.24. The molecule has 3 rings (SSSR count). The van der Waals surface area contributed by atoms with Gasteiger partial charge in [0.2, 0.25) is 0 Å². The van der Waals surface area contributed by atoms with Gasteiger partial charge in [-0.1, -0.05) is 35.9 Å². The van der Waals surface area contributed by atoms with Crippen LogP contribution in [-0.2, 0) is 12.0 Å². The Bertz CT molecular complexity index is 747. The lowest BCUT2D eigenvalue weighted by atomic mass is 9.79. The van der Waals surface area contributed by atoms with E-state index in [0.29, 0.717) is 12.0 Å². The first-order valence-corrected chi connectivity index (χ1v) is 7.95. The van der Waals surface area contributed by atoms with Crippen molar-refractivity contribution in [1.29, 1.82) is 0 Å². The summed E-state index contributed by atoms with van der Waals surface area (Å²) in [7, 11) is 0. The molecule has 1 unspecified atom stereocenters. The fourth-order valence-electron chi connectivity index (χ4n) is 3.06. The van der Waals surface area contributed by atoms with Crippen molar-refractivity contribution in [3.8, 4) is 5.75 Å². The summed E-state index contributed by atoms with van der Waals surface area (Å²) in [5.74, 6) is -0.397. The summed E-state index contributed by atoms with van der Waals surface area (Å²) in [6.07, 6.45) is 2.44. The lowest BCUT2D eigenvalue weighted by Gasteiger charge is -2.34. The molecule has 0 saturated heterocycles. The largest absolute Gasteiger partial charge is 0.506 e. The lowest BCUT2D eigenvalue weighted by Crippen LogP contribution is -2.43. The van der Waals surface area contributed by atoms with Crippen LogP contribution in [0, 0.1) is 0 Å². The Morgan fingerprint density at radius 3 is 2.83 bits per heavy atom. The molecule has 0 heterocycles. The monoisotopic (exact) mass is 331 g/mol. The van der Waals surface area contributed by atoms with Crippen LogP contribution in [0.3, 0.4) is 0 Å². The number of hydrogen-bond donors (Lipinski definition) is 3. The number of hydrogen-bond acceptors (Lipinski definition) is 3. The van der Waals surface area contributed by atoms with Crippen molar-refractivity contribution < 1.29 is 15.0 Å². The van der Waals surface area contributed by atoms with Crippen molar-refractivity contribution in [2.75, 3.05) is 6.54 Å². The predicted octanol–water partition coefficient (Wildman–Crippen LogP) is 3.00. The summed E-state index contributed by atoms with van der Waals surface area (Å²) < 4.78 is 0. The molecule has 0 aromatic heterocycles. The van der Waals surface area contributed by atoms with Crippen molar-refractivity contribution in [1.82, 2.24) is 5.32 Å². The smallest absolute Gasteiger partial charge is 0.251 e. The normalized spacial score (nSPS) is 19.9. The highest BCUT2D eigenvalue weighted by molar-refractivity contribution is 6.32. The van der Waals surface area contributed by atoms with Gasteiger partial charge in [0.15, 0.2) is 0 Å². The number of carbonyl (C=O) groups excluding carboxylic acids is 1. The maximum absolute atomic E-state index is 12.2. The van der Waals surface area contributed by atoms with Crippen LogP contribution < -0.4 is 5.32 Å². The molecule has 1 aliphatic rings. The van der Waals surface area contributed by atoms with Crippen LogP contribution >= 0.6 is 11.6 Å². The molecule has 4 nitrogen and oxygen atoms in total. The highest BCUT2D eigenvalue weighted by atomic mass is 35.5. The van der Waals surface area contributed by atoms with E-state index in [4.69, 9.17) is 11.6 Å². The van der Waals surface area contributed by atoms with E-state index in [-0.39, 0.29) is 23.2 Å². The molecule has 0 aliphatic heterocycles. The zero-order valence-corrected chi connectivity index (χ0v) is 13.3. The van der Waals surface area contributed by atoms with Crippen LogP contribution in [0.5, 0.6) is 5.75 Å². The van der Waals surface area contributed by atoms with Crippen LogP contribution in [0.4, 0.5) is 0 Å². The number of rotatable bonds is 3. The number of nitrogens with one attached hydrogen (secondary N) is 1. The molecule has 2 aromatic carbocycles. The van der Waals surface area contributed by atoms with Gasteiger partial charge in [0.25, 0.3) is 5.91 Å². The van der Waals surface area contributed by atoms with Crippen molar-refractivity contribution >= 4 is 17.5 Å². The molecule has 1 atom stereocenters. The molecule has 0 bridgehead atoms. The van der Waals surface area contributed by atoms with Crippen molar-refractivity contribution in [3.05, 3.63) is 64.2 Å². The van der Waals surface area contributed by atoms with Gasteiger partial charge < -0.3 is 15.5 Å². The average molecular weight is 332 g/mol. The Kier molecular flexibility index (Phi) is 4.28. The summed E-state index contributed by atoms with van der Waals surface area (Å²) in [6.45, 7) is 0.140. The van der Waals surface area contributed by atoms with E-state index in [9.17, 15) is 15.0 Å². The number of aliphatic hydroxyl groups is 1. The number of phenols is 1. The van der Waals surface area contributed by atoms with Gasteiger partial charge in [-0.25, -0.2) is 0 Å². The number of benzene rings is 2. The average Bonchev–Trinajstić information content (AvgIpc) is 2.56. The summed E-state index contributed by atoms with van der Waals surface area (Å²) in [5, 5.41) is 23.2. The van der Waals surface area contributed by atoms with Gasteiger partial charge in [-0.2, -0.15) is 0 Å². The minimum absolute atomic E-state index is 0.0666. The molecule has 1 aliphatic carbocycles. The maximum atomic E-state index is 12.2. The van der Waals surface area contributed by atoms with Crippen molar-refractivity contribution in [2.24, 2.45) is 0 Å². The van der Waals surface area contributed by atoms with Crippen molar-refractivity contribution in [3.63, 3.8) is 0 Å². The highest BCUT2D eigenvalue weighted by Gasteiger charge is 2.34. The SMILES string of the molecule is O=C(NCC1(O)CCCc2ccccc21)c1ccc(O)c(Cl)c1. The Morgan fingerprint density at radius 2 is 2.04 bits per heavy atom. The van der Waals surface area contributed by atoms with Gasteiger partial charge in [0, 0.05) is 5.56 Å². The van der Waals surface area contributed by atoms with E-state index in [0.717, 1.165) is 24.0 Å². The highest BCUT2D eigenvalue weighted by Crippen LogP contribution is 2.34. The van der Waals surface area contributed by atoms with Gasteiger partial charge in [-0.05, 0) is 48.6 Å². The molecule has 120 valence electrons. The zero-order chi connectivity index (χ0) is 16.4. The number of fused-ring (bicyclic) bond motifs is 1. The first-order valence-electron chi connectivity index (χ1n) is 7.57. The van der Waals surface area contributed by atoms with E-state index < -0.39 is 5.60 Å². The molecule has 0 radical (unpaired) electrons. The summed E-state index contributed by atoms with van der Waals surface area (Å²) in [5.41, 5.74) is 1.31. The molecule has 5 heteroatoms. The summed E-state index contributed by atoms with van der Waals surface area (Å²) in [4.78, 5) is 12.2. The second-order valence-electron chi connectivity index (χ2n) is 5.89. The molecule has 0 spiro atoms. The first kappa shape index (κ1) is 15.8. The maximum Gasteiger partial charge on any atom is 0.251 e. The standard InChI is InChI=1S/C18H18ClNO3/c19-15-10-13(7-8-16(15)21)17(22)20-11-18(23)9-3-5-12-4-1-2-6-14(12)18/h1-2,4,6-8,10,21,23H,3,5,9,11H2,(H,20,22). The van der Waals surface area contributed by atoms with E-state index in [1.54, 1.807) is 0 Å². The van der Waals surface area contributed by atoms with Crippen molar-refractivity contribution in [2.45, 2.75) is 24.9 Å². The Labute approximate surface area is 139 Å². The topological polar surface area (TPSA) is 69.6 Å². The van der Waals surface area contributed by atoms with Gasteiger partial charge in [0.05, 0.1) is 11.6 Å². The van der Waals surface area contributed by atoms with Gasteiger partial charge in [-0.3, -0.25) is 4.79 Å². The van der Waals surface area contributed by atoms with Crippen LogP contribution in [0.15, 0.2) is 42.5 Å². The van der Waals surface area contributed by atoms with E-state index in [1.807, 2.05) is 24.3 Å². The number of aryl methyl sites for hydroxylation is 1. The third kappa shape index (κ3) is 3.19. The molecule has 0 saturated carbocycles. The predicted molar refractivity (Wildman–Crippen MR) is 88.7 cm³/mol. The molecule has 1 amide bonds. The Morgan fingerprint density at radius 1 is 1.26 bits per heavy atom. The minimum atomic E-state index is -1.05. The van der Waals surface area contributed by atoms with Crippen LogP contribution in [0.2, 0.25) is 5.02 Å². The second-order valence-corrected chi connectivity index (χ2v) is 6.30. The summed E-state index contributed by atoms with van der Waals surface area (Å²) in [6, 6.07) is 12.1. The Hall–Kier alpha value is -2.04. The fraction of sp³-hybridized carbons (Fsp3) is 0.278. The summed E-state index contributed by atoms with van der Waals surface area (Å²) >= 11 is 5.82. The third-order valence-electron chi connectivity index (χ3n) is 4.31. The molecule has 3 N–H and O–H groups in total. The van der Waals surface area contributed by atoms with E-state index in [1.165, 1.54) is 18.2 Å². The lowest BCUT2D eigenvalue weighted by molar-refractivity contribution is 0.0189. The second kappa shape index (κ2) is 6.22. The van der Waals surface area contributed by atoms with Gasteiger partial charge in [-0.15, -0.1) is 0 Å². The molecular formula is C18H18ClNO3. The Balaban J connectivity index is 1.75. The van der Waals surface area contributed by atoms with Crippen LogP contribution in [0.1, 0.15) is 34.3 Å². The molecule has 2 aromatic rings. The van der Waals surface area contributed by atoms with Crippen LogP contribution in [-0.4, -0.2) is 22.7 Å². The van der Waals surface area contributed by atoms with E-state index in [2.05, 4.69) is 5.32 Å². The number of carbonyl (C=O) groups is 1. The number of amides is 1. The van der Waals surface area contributed by atoms with Crippen LogP contribution in [0.25, 0.3) is 0 Å². The quantitative estimate of drug-likeness (QED) is 0.809. The minimum Gasteiger partial charge on any atom is -0.506 e. The third-order valence-corrected chi connectivity index (χ3v) is 4.61. The first-order chi connectivity index (χ1) is 11.0. The zero-order valence-electron chi connectivity index (χ0n) is 12.6. The number of halogens is 1. The number of phenolic OH excluding ortho intramolecular Hbond substituents is 1. The van der Waals surface area contributed by atoms with Gasteiger partial charge >= 0.3 is 0 Å². The number of aromatic hydroxyl groups is 1.